The van der Waals surface area contributed by atoms with Crippen molar-refractivity contribution in [1.82, 2.24) is 14.7 Å². The number of amides is 3. The summed E-state index contributed by atoms with van der Waals surface area (Å²) in [7, 11) is 0. The number of halogens is 2. The van der Waals surface area contributed by atoms with E-state index in [0.717, 1.165) is 16.7 Å². The van der Waals surface area contributed by atoms with Gasteiger partial charge in [0.05, 0.1) is 37.1 Å². The van der Waals surface area contributed by atoms with E-state index in [4.69, 9.17) is 47.9 Å². The van der Waals surface area contributed by atoms with Crippen molar-refractivity contribution < 1.29 is 38.4 Å². The van der Waals surface area contributed by atoms with Crippen molar-refractivity contribution in [3.8, 4) is 0 Å². The van der Waals surface area contributed by atoms with E-state index in [0.29, 0.717) is 45.9 Å². The SMILES string of the molecule is C.C.C.C.C.ClCCl.N[C@H]1CN(C(=O)OCc2ccccc2)C[C@@H]1O.O=C(OCc1ccccc1)N1CC2OC2C1.O=C(OCc1ccccc1)N1CC=CC1. The zero-order valence-corrected chi connectivity index (χ0v) is 29.7. The molecule has 4 heterocycles. The lowest BCUT2D eigenvalue weighted by molar-refractivity contribution is 0.0902. The van der Waals surface area contributed by atoms with Gasteiger partial charge in [0.2, 0.25) is 0 Å². The lowest BCUT2D eigenvalue weighted by Crippen LogP contribution is -2.33. The van der Waals surface area contributed by atoms with Crippen LogP contribution in [-0.4, -0.2) is 107 Å². The fraction of sp³-hybridized carbons (Fsp3) is 0.452. The van der Waals surface area contributed by atoms with Crippen molar-refractivity contribution in [3.05, 3.63) is 120 Å². The molecule has 3 N–H and O–H groups in total. The maximum absolute atomic E-state index is 11.6. The minimum Gasteiger partial charge on any atom is -0.445 e. The molecule has 56 heavy (non-hydrogen) atoms. The minimum absolute atomic E-state index is 0. The first kappa shape index (κ1) is 53.8. The summed E-state index contributed by atoms with van der Waals surface area (Å²) in [5.41, 5.74) is 8.57. The number of β-amino-alcohol motifs (C(OH)–C–C–N with tert-alkyl or cyclic N) is 1. The number of aliphatic hydroxyl groups is 1. The summed E-state index contributed by atoms with van der Waals surface area (Å²) in [5, 5.41) is 9.62. The smallest absolute Gasteiger partial charge is 0.410 e. The van der Waals surface area contributed by atoms with Crippen LogP contribution in [0.25, 0.3) is 0 Å². The van der Waals surface area contributed by atoms with Gasteiger partial charge in [-0.25, -0.2) is 14.4 Å². The molecule has 3 amide bonds. The van der Waals surface area contributed by atoms with Crippen LogP contribution in [0.1, 0.15) is 53.8 Å². The molecular formula is C42H64Cl2N4O8. The third-order valence-electron chi connectivity index (χ3n) is 8.03. The van der Waals surface area contributed by atoms with Gasteiger partial charge in [-0.2, -0.15) is 0 Å². The Kier molecular flexibility index (Phi) is 27.8. The predicted molar refractivity (Wildman–Crippen MR) is 227 cm³/mol. The molecule has 7 rings (SSSR count). The molecule has 12 nitrogen and oxygen atoms in total. The largest absolute Gasteiger partial charge is 0.445 e. The number of nitrogens with two attached hydrogens (primary N) is 1. The number of likely N-dealkylation sites (tertiary alicyclic amines) is 2. The van der Waals surface area contributed by atoms with E-state index in [1.807, 2.05) is 103 Å². The highest BCUT2D eigenvalue weighted by Gasteiger charge is 2.49. The average molecular weight is 824 g/mol. The van der Waals surface area contributed by atoms with Gasteiger partial charge in [0.1, 0.15) is 32.0 Å². The standard InChI is InChI=1S/C12H16N2O3.C12H13NO3.C12H13NO2.CH2Cl2.5CH4/c13-10-6-14(7-11(10)15)12(16)17-8-9-4-2-1-3-5-9;14-12(13-6-10-11(7-13)16-10)15-8-9-4-2-1-3-5-9;14-12(13-8-4-5-9-13)15-10-11-6-2-1-3-7-11;2-1-3;;;;;/h1-5,10-11,15H,6-8,13H2;1-5,10-11H,6-8H2;1-7H,8-10H2;1H2;5*1H4/t10-,11-;;;;;;;;/m0......../s1. The van der Waals surface area contributed by atoms with E-state index in [1.54, 1.807) is 9.80 Å². The summed E-state index contributed by atoms with van der Waals surface area (Å²) >= 11 is 9.53. The molecule has 3 aromatic rings. The predicted octanol–water partition coefficient (Wildman–Crippen LogP) is 8.53. The van der Waals surface area contributed by atoms with Crippen molar-refractivity contribution in [1.29, 1.82) is 0 Å². The fourth-order valence-electron chi connectivity index (χ4n) is 5.18. The Labute approximate surface area is 345 Å². The third kappa shape index (κ3) is 18.5. The molecule has 2 unspecified atom stereocenters. The second kappa shape index (κ2) is 29.0. The number of aliphatic hydroxyl groups excluding tert-OH is 1. The number of nitrogens with zero attached hydrogens (tertiary/aromatic N) is 3. The van der Waals surface area contributed by atoms with Gasteiger partial charge in [0.15, 0.2) is 0 Å². The highest BCUT2D eigenvalue weighted by atomic mass is 35.5. The highest BCUT2D eigenvalue weighted by molar-refractivity contribution is 6.40. The Morgan fingerprint density at radius 1 is 0.589 bits per heavy atom. The zero-order valence-electron chi connectivity index (χ0n) is 28.2. The van der Waals surface area contributed by atoms with E-state index in [9.17, 15) is 19.5 Å². The van der Waals surface area contributed by atoms with Gasteiger partial charge in [-0.15, -0.1) is 23.2 Å². The molecule has 0 saturated carbocycles. The van der Waals surface area contributed by atoms with E-state index in [2.05, 4.69) is 0 Å². The van der Waals surface area contributed by atoms with Crippen molar-refractivity contribution in [2.45, 2.75) is 81.3 Å². The number of carbonyl (C=O) groups is 3. The van der Waals surface area contributed by atoms with E-state index in [1.165, 1.54) is 4.90 Å². The molecule has 0 aliphatic carbocycles. The second-order valence-corrected chi connectivity index (χ2v) is 12.7. The first-order chi connectivity index (χ1) is 24.8. The Bertz CT molecular complexity index is 1500. The monoisotopic (exact) mass is 822 g/mol. The molecule has 4 aliphatic rings. The zero-order chi connectivity index (χ0) is 36.4. The minimum atomic E-state index is -0.653. The summed E-state index contributed by atoms with van der Waals surface area (Å²) in [5.74, 6) is 0. The maximum Gasteiger partial charge on any atom is 0.410 e. The molecule has 314 valence electrons. The second-order valence-electron chi connectivity index (χ2n) is 11.9. The number of alkyl halides is 2. The average Bonchev–Trinajstić information content (AvgIpc) is 3.50. The fourth-order valence-corrected chi connectivity index (χ4v) is 5.18. The van der Waals surface area contributed by atoms with Crippen LogP contribution in [0.3, 0.4) is 0 Å². The molecule has 4 aliphatic heterocycles. The summed E-state index contributed by atoms with van der Waals surface area (Å²) in [6.45, 7) is 4.19. The number of morpholine rings is 1. The van der Waals surface area contributed by atoms with Gasteiger partial charge in [-0.1, -0.05) is 140 Å². The Morgan fingerprint density at radius 2 is 0.911 bits per heavy atom. The topological polar surface area (TPSA) is 147 Å². The van der Waals surface area contributed by atoms with Gasteiger partial charge in [-0.3, -0.25) is 0 Å². The first-order valence-corrected chi connectivity index (χ1v) is 17.6. The molecule has 0 aromatic heterocycles. The van der Waals surface area contributed by atoms with E-state index in [-0.39, 0.29) is 86.1 Å². The van der Waals surface area contributed by atoms with Crippen LogP contribution in [0.4, 0.5) is 14.4 Å². The van der Waals surface area contributed by atoms with Crippen molar-refractivity contribution in [2.75, 3.05) is 44.6 Å². The Hall–Kier alpha value is -4.33. The summed E-state index contributed by atoms with van der Waals surface area (Å²) in [4.78, 5) is 39.6. The first-order valence-electron chi connectivity index (χ1n) is 16.5. The number of hydrogen-bond donors (Lipinski definition) is 2. The van der Waals surface area contributed by atoms with Crippen molar-refractivity contribution >= 4 is 41.5 Å². The molecule has 3 aromatic carbocycles. The number of hydrogen-bond acceptors (Lipinski definition) is 9. The van der Waals surface area contributed by atoms with Gasteiger partial charge < -0.3 is 44.5 Å². The van der Waals surface area contributed by atoms with E-state index >= 15 is 0 Å². The van der Waals surface area contributed by atoms with Crippen LogP contribution in [0.2, 0.25) is 0 Å². The summed E-state index contributed by atoms with van der Waals surface area (Å²) in [6.07, 6.45) is 2.89. The number of carbonyl (C=O) groups excluding carboxylic acids is 3. The van der Waals surface area contributed by atoms with Gasteiger partial charge >= 0.3 is 18.3 Å². The normalized spacial score (nSPS) is 18.9. The van der Waals surface area contributed by atoms with Crippen LogP contribution >= 0.6 is 23.2 Å². The number of epoxide rings is 1. The van der Waals surface area contributed by atoms with Gasteiger partial charge in [-0.05, 0) is 16.7 Å². The Morgan fingerprint density at radius 3 is 1.23 bits per heavy atom. The lowest BCUT2D eigenvalue weighted by atomic mass is 10.2. The molecular weight excluding hydrogens is 759 g/mol. The van der Waals surface area contributed by atoms with Crippen LogP contribution in [0.15, 0.2) is 103 Å². The summed E-state index contributed by atoms with van der Waals surface area (Å²) < 4.78 is 20.7. The van der Waals surface area contributed by atoms with Crippen LogP contribution < -0.4 is 5.73 Å². The van der Waals surface area contributed by atoms with Gasteiger partial charge in [0.25, 0.3) is 0 Å². The molecule has 3 saturated heterocycles. The number of rotatable bonds is 6. The molecule has 3 fully saturated rings. The lowest BCUT2D eigenvalue weighted by Gasteiger charge is -2.16. The van der Waals surface area contributed by atoms with Crippen LogP contribution in [-0.2, 0) is 38.8 Å². The molecule has 0 spiro atoms. The van der Waals surface area contributed by atoms with Crippen molar-refractivity contribution in [2.24, 2.45) is 5.73 Å². The van der Waals surface area contributed by atoms with E-state index < -0.39 is 12.2 Å². The maximum atomic E-state index is 11.6. The van der Waals surface area contributed by atoms with Crippen LogP contribution in [0.5, 0.6) is 0 Å². The third-order valence-corrected chi connectivity index (χ3v) is 8.03. The van der Waals surface area contributed by atoms with Crippen LogP contribution in [0, 0.1) is 0 Å². The molecule has 0 radical (unpaired) electrons. The quantitative estimate of drug-likeness (QED) is 0.108. The Balaban J connectivity index is 0. The number of ether oxygens (including phenoxy) is 4. The summed E-state index contributed by atoms with van der Waals surface area (Å²) in [6, 6.07) is 28.5. The molecule has 4 atom stereocenters. The number of benzene rings is 3. The molecule has 14 heteroatoms. The highest BCUT2D eigenvalue weighted by Crippen LogP contribution is 2.30. The number of fused-ring (bicyclic) bond motifs is 1. The van der Waals surface area contributed by atoms with Gasteiger partial charge in [0, 0.05) is 19.6 Å². The van der Waals surface area contributed by atoms with Crippen molar-refractivity contribution in [3.63, 3.8) is 0 Å². The molecule has 0 bridgehead atoms.